The molecule has 1 heterocycles. The van der Waals surface area contributed by atoms with Gasteiger partial charge in [-0.1, -0.05) is 66.2 Å². The highest BCUT2D eigenvalue weighted by Gasteiger charge is 2.42. The van der Waals surface area contributed by atoms with Gasteiger partial charge in [0.2, 0.25) is 0 Å². The number of carboxylic acid groups (broad SMARTS) is 1. The summed E-state index contributed by atoms with van der Waals surface area (Å²) in [5.41, 5.74) is 5.22. The van der Waals surface area contributed by atoms with Crippen molar-refractivity contribution < 1.29 is 23.8 Å². The van der Waals surface area contributed by atoms with Gasteiger partial charge in [0.25, 0.3) is 0 Å². The van der Waals surface area contributed by atoms with Crippen LogP contribution in [-0.2, 0) is 9.53 Å². The Kier molecular flexibility index (Phi) is 7.82. The molecule has 4 atom stereocenters. The van der Waals surface area contributed by atoms with Crippen LogP contribution in [0.1, 0.15) is 59.3 Å². The second-order valence-electron chi connectivity index (χ2n) is 9.46. The van der Waals surface area contributed by atoms with Crippen LogP contribution in [0.15, 0.2) is 72.8 Å². The number of ether oxygens (including phenoxy) is 2. The number of rotatable bonds is 7. The Morgan fingerprint density at radius 3 is 2.39 bits per heavy atom. The molecule has 1 fully saturated rings. The normalized spacial score (nSPS) is 21.7. The number of benzene rings is 3. The number of carboxylic acids is 1. The summed E-state index contributed by atoms with van der Waals surface area (Å²) in [6.07, 6.45) is -0.130. The van der Waals surface area contributed by atoms with E-state index in [4.69, 9.17) is 21.1 Å². The molecule has 0 amide bonds. The first-order valence-corrected chi connectivity index (χ1v) is 12.3. The van der Waals surface area contributed by atoms with Gasteiger partial charge < -0.3 is 14.6 Å². The summed E-state index contributed by atoms with van der Waals surface area (Å²) in [7, 11) is 0. The van der Waals surface area contributed by atoms with E-state index in [2.05, 4.69) is 18.7 Å². The van der Waals surface area contributed by atoms with Gasteiger partial charge in [-0.05, 0) is 67.6 Å². The van der Waals surface area contributed by atoms with Crippen molar-refractivity contribution in [3.8, 4) is 5.75 Å². The lowest BCUT2D eigenvalue weighted by Crippen LogP contribution is -2.32. The fourth-order valence-corrected chi connectivity index (χ4v) is 5.28. The first-order chi connectivity index (χ1) is 17.2. The maximum atomic E-state index is 13.8. The summed E-state index contributed by atoms with van der Waals surface area (Å²) >= 11 is 6.67. The number of hydrogen-bond acceptors (Lipinski definition) is 3. The second kappa shape index (κ2) is 10.9. The molecule has 1 saturated heterocycles. The Morgan fingerprint density at radius 1 is 1.11 bits per heavy atom. The molecule has 0 spiro atoms. The lowest BCUT2D eigenvalue weighted by atomic mass is 9.73. The molecule has 0 radical (unpaired) electrons. The molecule has 0 saturated carbocycles. The van der Waals surface area contributed by atoms with Crippen LogP contribution in [0.5, 0.6) is 5.75 Å². The van der Waals surface area contributed by atoms with Crippen LogP contribution < -0.4 is 4.74 Å². The summed E-state index contributed by atoms with van der Waals surface area (Å²) in [6.45, 7) is 9.52. The number of aliphatic carboxylic acids is 1. The average molecular weight is 509 g/mol. The molecule has 1 aliphatic rings. The van der Waals surface area contributed by atoms with Crippen molar-refractivity contribution in [3.63, 3.8) is 0 Å². The maximum absolute atomic E-state index is 13.8. The Hall–Kier alpha value is -3.15. The highest BCUT2D eigenvalue weighted by molar-refractivity contribution is 6.32. The van der Waals surface area contributed by atoms with E-state index >= 15 is 0 Å². The first kappa shape index (κ1) is 25.9. The van der Waals surface area contributed by atoms with Crippen LogP contribution in [0.4, 0.5) is 4.39 Å². The van der Waals surface area contributed by atoms with E-state index in [1.165, 1.54) is 12.1 Å². The monoisotopic (exact) mass is 508 g/mol. The van der Waals surface area contributed by atoms with E-state index in [1.807, 2.05) is 39.0 Å². The molecule has 3 aromatic carbocycles. The molecule has 3 aromatic rings. The highest BCUT2D eigenvalue weighted by atomic mass is 35.5. The molecule has 4 nitrogen and oxygen atoms in total. The third-order valence-corrected chi connectivity index (χ3v) is 7.50. The van der Waals surface area contributed by atoms with Gasteiger partial charge in [0.05, 0.1) is 12.2 Å². The Balaban J connectivity index is 1.86. The minimum atomic E-state index is -1.07. The van der Waals surface area contributed by atoms with Gasteiger partial charge in [0.1, 0.15) is 11.6 Å². The van der Waals surface area contributed by atoms with Gasteiger partial charge in [-0.2, -0.15) is 0 Å². The van der Waals surface area contributed by atoms with Crippen LogP contribution in [-0.4, -0.2) is 17.7 Å². The molecular weight excluding hydrogens is 479 g/mol. The molecule has 0 bridgehead atoms. The fraction of sp³-hybridized carbons (Fsp3) is 0.300. The van der Waals surface area contributed by atoms with E-state index in [0.29, 0.717) is 10.8 Å². The average Bonchev–Trinajstić information content (AvgIpc) is 2.86. The van der Waals surface area contributed by atoms with Crippen molar-refractivity contribution in [2.24, 2.45) is 5.92 Å². The topological polar surface area (TPSA) is 55.8 Å². The quantitative estimate of drug-likeness (QED) is 0.332. The van der Waals surface area contributed by atoms with Gasteiger partial charge in [0.15, 0.2) is 6.61 Å². The molecule has 36 heavy (non-hydrogen) atoms. The zero-order valence-corrected chi connectivity index (χ0v) is 21.4. The summed E-state index contributed by atoms with van der Waals surface area (Å²) in [5.74, 6) is -1.03. The van der Waals surface area contributed by atoms with Crippen molar-refractivity contribution in [1.82, 2.24) is 0 Å². The minimum absolute atomic E-state index is 0.000717. The van der Waals surface area contributed by atoms with Crippen molar-refractivity contribution in [2.45, 2.75) is 45.3 Å². The van der Waals surface area contributed by atoms with Gasteiger partial charge in [-0.3, -0.25) is 0 Å². The number of hydrogen-bond donors (Lipinski definition) is 1. The summed E-state index contributed by atoms with van der Waals surface area (Å²) in [4.78, 5) is 11.3. The summed E-state index contributed by atoms with van der Waals surface area (Å²) < 4.78 is 26.4. The molecule has 188 valence electrons. The van der Waals surface area contributed by atoms with E-state index < -0.39 is 18.7 Å². The third-order valence-electron chi connectivity index (χ3n) is 6.92. The standard InChI is InChI=1S/C30H30ClFO4/c1-17(2)23-15-24(20-8-6-5-7-9-20)29(21-10-12-22(32)13-11-21)36-30(23)27-19(4)28(31)18(3)14-25(27)35-16-26(33)34/h5-14,23-24,29-30H,1,15-16H2,2-4H3,(H,33,34)/t23-,24-,29+,30+/m1/s1. The molecule has 0 unspecified atom stereocenters. The molecule has 4 rings (SSSR count). The fourth-order valence-electron chi connectivity index (χ4n) is 5.12. The van der Waals surface area contributed by atoms with Crippen molar-refractivity contribution >= 4 is 17.6 Å². The van der Waals surface area contributed by atoms with Crippen LogP contribution in [0.2, 0.25) is 5.02 Å². The van der Waals surface area contributed by atoms with Crippen molar-refractivity contribution in [3.05, 3.63) is 111 Å². The molecule has 6 heteroatoms. The van der Waals surface area contributed by atoms with Gasteiger partial charge >= 0.3 is 5.97 Å². The SMILES string of the molecule is C=C(C)[C@H]1C[C@H](c2ccccc2)[C@H](c2ccc(F)cc2)O[C@@H]1c1c(OCC(=O)O)cc(C)c(Cl)c1C. The molecule has 0 aliphatic carbocycles. The molecule has 1 aliphatic heterocycles. The zero-order chi connectivity index (χ0) is 26.0. The summed E-state index contributed by atoms with van der Waals surface area (Å²) in [5, 5.41) is 9.84. The number of carbonyl (C=O) groups is 1. The predicted molar refractivity (Wildman–Crippen MR) is 139 cm³/mol. The van der Waals surface area contributed by atoms with E-state index in [1.54, 1.807) is 18.2 Å². The third kappa shape index (κ3) is 5.32. The van der Waals surface area contributed by atoms with Crippen molar-refractivity contribution in [1.29, 1.82) is 0 Å². The van der Waals surface area contributed by atoms with Crippen LogP contribution in [0, 0.1) is 25.6 Å². The number of aryl methyl sites for hydroxylation is 1. The molecule has 1 N–H and O–H groups in total. The van der Waals surface area contributed by atoms with Gasteiger partial charge in [-0.15, -0.1) is 0 Å². The van der Waals surface area contributed by atoms with Crippen LogP contribution in [0.3, 0.4) is 0 Å². The maximum Gasteiger partial charge on any atom is 0.341 e. The van der Waals surface area contributed by atoms with Crippen LogP contribution in [0.25, 0.3) is 0 Å². The van der Waals surface area contributed by atoms with Crippen molar-refractivity contribution in [2.75, 3.05) is 6.61 Å². The zero-order valence-electron chi connectivity index (χ0n) is 20.6. The van der Waals surface area contributed by atoms with Gasteiger partial charge in [-0.25, -0.2) is 9.18 Å². The molecular formula is C30H30ClFO4. The van der Waals surface area contributed by atoms with Gasteiger partial charge in [0, 0.05) is 22.4 Å². The van der Waals surface area contributed by atoms with E-state index in [0.717, 1.165) is 39.8 Å². The van der Waals surface area contributed by atoms with E-state index in [-0.39, 0.29) is 23.8 Å². The summed E-state index contributed by atoms with van der Waals surface area (Å²) in [6, 6.07) is 18.3. The Morgan fingerprint density at radius 2 is 1.78 bits per heavy atom. The second-order valence-corrected chi connectivity index (χ2v) is 9.84. The largest absolute Gasteiger partial charge is 0.482 e. The minimum Gasteiger partial charge on any atom is -0.482 e. The van der Waals surface area contributed by atoms with Crippen LogP contribution >= 0.6 is 11.6 Å². The smallest absolute Gasteiger partial charge is 0.341 e. The van der Waals surface area contributed by atoms with E-state index in [9.17, 15) is 14.3 Å². The molecule has 0 aromatic heterocycles. The predicted octanol–water partition coefficient (Wildman–Crippen LogP) is 7.74. The Labute approximate surface area is 216 Å². The number of halogens is 2. The highest BCUT2D eigenvalue weighted by Crippen LogP contribution is 2.54. The lowest BCUT2D eigenvalue weighted by Gasteiger charge is -2.44. The first-order valence-electron chi connectivity index (χ1n) is 11.9. The Bertz CT molecular complexity index is 1260. The lowest BCUT2D eigenvalue weighted by molar-refractivity contribution is -0.139.